The number of hydrogen-bond donors (Lipinski definition) is 2. The predicted octanol–water partition coefficient (Wildman–Crippen LogP) is 4.11. The molecular formula is C21H18FNO4S. The average Bonchev–Trinajstić information content (AvgIpc) is 2.67. The molecular weight excluding hydrogens is 381 g/mol. The summed E-state index contributed by atoms with van der Waals surface area (Å²) in [6, 6.07) is 18.6. The highest BCUT2D eigenvalue weighted by molar-refractivity contribution is 7.92. The zero-order chi connectivity index (χ0) is 20.1. The molecule has 0 unspecified atom stereocenters. The quantitative estimate of drug-likeness (QED) is 0.626. The normalized spacial score (nSPS) is 11.2. The Balaban J connectivity index is 1.78. The van der Waals surface area contributed by atoms with Gasteiger partial charge in [-0.3, -0.25) is 4.72 Å². The fraction of sp³-hybridized carbons (Fsp3) is 0.0952. The molecule has 144 valence electrons. The number of para-hydroxylation sites is 1. The minimum atomic E-state index is -4.05. The van der Waals surface area contributed by atoms with Crippen LogP contribution in [0.15, 0.2) is 77.7 Å². The number of carboxylic acid groups (broad SMARTS) is 1. The van der Waals surface area contributed by atoms with E-state index in [2.05, 4.69) is 4.72 Å². The summed E-state index contributed by atoms with van der Waals surface area (Å²) in [7, 11) is -4.05. The number of rotatable bonds is 7. The van der Waals surface area contributed by atoms with E-state index in [-0.39, 0.29) is 5.56 Å². The molecule has 0 radical (unpaired) electrons. The Morgan fingerprint density at radius 2 is 1.54 bits per heavy atom. The van der Waals surface area contributed by atoms with Gasteiger partial charge in [-0.25, -0.2) is 17.6 Å². The maximum Gasteiger partial charge on any atom is 0.335 e. The Bertz CT molecular complexity index is 1100. The molecule has 0 heterocycles. The van der Waals surface area contributed by atoms with Gasteiger partial charge in [0.2, 0.25) is 0 Å². The topological polar surface area (TPSA) is 83.5 Å². The first-order valence-corrected chi connectivity index (χ1v) is 10.0. The second kappa shape index (κ2) is 8.22. The molecule has 0 amide bonds. The van der Waals surface area contributed by atoms with E-state index in [0.29, 0.717) is 18.5 Å². The molecule has 0 bridgehead atoms. The molecule has 0 aliphatic heterocycles. The van der Waals surface area contributed by atoms with E-state index in [9.17, 15) is 17.6 Å². The highest BCUT2D eigenvalue weighted by Crippen LogP contribution is 2.23. The predicted molar refractivity (Wildman–Crippen MR) is 104 cm³/mol. The zero-order valence-electron chi connectivity index (χ0n) is 14.8. The molecule has 0 fully saturated rings. The monoisotopic (exact) mass is 399 g/mol. The van der Waals surface area contributed by atoms with Gasteiger partial charge in [0, 0.05) is 0 Å². The van der Waals surface area contributed by atoms with E-state index in [1.54, 1.807) is 36.4 Å². The largest absolute Gasteiger partial charge is 0.478 e. The third-order valence-electron chi connectivity index (χ3n) is 4.27. The fourth-order valence-corrected chi connectivity index (χ4v) is 3.97. The lowest BCUT2D eigenvalue weighted by Crippen LogP contribution is -2.15. The molecule has 0 aromatic heterocycles. The van der Waals surface area contributed by atoms with Crippen molar-refractivity contribution in [2.75, 3.05) is 4.72 Å². The van der Waals surface area contributed by atoms with Crippen LogP contribution < -0.4 is 4.72 Å². The number of aromatic carboxylic acids is 1. The minimum Gasteiger partial charge on any atom is -0.478 e. The van der Waals surface area contributed by atoms with Gasteiger partial charge in [-0.2, -0.15) is 0 Å². The van der Waals surface area contributed by atoms with E-state index < -0.39 is 26.7 Å². The summed E-state index contributed by atoms with van der Waals surface area (Å²) in [6.45, 7) is 0. The standard InChI is InChI=1S/C21H18FNO4S/c22-18-6-2-4-8-20(18)28(26,27)23-19-7-3-1-5-16(19)12-9-15-10-13-17(14-11-15)21(24)25/h1-8,10-11,13-14,23H,9,12H2,(H,24,25). The highest BCUT2D eigenvalue weighted by Gasteiger charge is 2.19. The fourth-order valence-electron chi connectivity index (χ4n) is 2.79. The first kappa shape index (κ1) is 19.6. The molecule has 5 nitrogen and oxygen atoms in total. The average molecular weight is 399 g/mol. The molecule has 0 aliphatic rings. The first-order chi connectivity index (χ1) is 13.4. The molecule has 7 heteroatoms. The van der Waals surface area contributed by atoms with Crippen molar-refractivity contribution in [1.82, 2.24) is 0 Å². The SMILES string of the molecule is O=C(O)c1ccc(CCc2ccccc2NS(=O)(=O)c2ccccc2F)cc1. The number of nitrogens with one attached hydrogen (secondary N) is 1. The van der Waals surface area contributed by atoms with Crippen LogP contribution in [0.3, 0.4) is 0 Å². The maximum atomic E-state index is 13.9. The van der Waals surface area contributed by atoms with Crippen molar-refractivity contribution in [2.45, 2.75) is 17.7 Å². The van der Waals surface area contributed by atoms with Crippen LogP contribution in [0.1, 0.15) is 21.5 Å². The number of carboxylic acids is 1. The van der Waals surface area contributed by atoms with E-state index >= 15 is 0 Å². The van der Waals surface area contributed by atoms with Gasteiger partial charge in [0.05, 0.1) is 11.3 Å². The van der Waals surface area contributed by atoms with Gasteiger partial charge in [0.15, 0.2) is 0 Å². The van der Waals surface area contributed by atoms with Gasteiger partial charge in [-0.05, 0) is 54.3 Å². The van der Waals surface area contributed by atoms with Crippen LogP contribution in [0.5, 0.6) is 0 Å². The maximum absolute atomic E-state index is 13.9. The van der Waals surface area contributed by atoms with E-state index in [4.69, 9.17) is 5.11 Å². The van der Waals surface area contributed by atoms with Crippen LogP contribution in [-0.2, 0) is 22.9 Å². The number of hydrogen-bond acceptors (Lipinski definition) is 3. The first-order valence-electron chi connectivity index (χ1n) is 8.54. The van der Waals surface area contributed by atoms with E-state index in [1.807, 2.05) is 0 Å². The number of sulfonamides is 1. The lowest BCUT2D eigenvalue weighted by Gasteiger charge is -2.13. The van der Waals surface area contributed by atoms with Crippen molar-refractivity contribution in [3.8, 4) is 0 Å². The van der Waals surface area contributed by atoms with Crippen molar-refractivity contribution < 1.29 is 22.7 Å². The molecule has 3 aromatic carbocycles. The second-order valence-corrected chi connectivity index (χ2v) is 7.85. The zero-order valence-corrected chi connectivity index (χ0v) is 15.6. The Labute approximate surface area is 162 Å². The third kappa shape index (κ3) is 4.55. The van der Waals surface area contributed by atoms with Crippen molar-refractivity contribution in [3.63, 3.8) is 0 Å². The van der Waals surface area contributed by atoms with Gasteiger partial charge in [0.1, 0.15) is 10.7 Å². The van der Waals surface area contributed by atoms with Crippen LogP contribution in [0.2, 0.25) is 0 Å². The van der Waals surface area contributed by atoms with Gasteiger partial charge >= 0.3 is 5.97 Å². The van der Waals surface area contributed by atoms with E-state index in [0.717, 1.165) is 17.2 Å². The second-order valence-electron chi connectivity index (χ2n) is 6.20. The van der Waals surface area contributed by atoms with Crippen LogP contribution in [0.4, 0.5) is 10.1 Å². The number of halogens is 1. The van der Waals surface area contributed by atoms with Crippen LogP contribution in [0, 0.1) is 5.82 Å². The number of carbonyl (C=O) groups is 1. The highest BCUT2D eigenvalue weighted by atomic mass is 32.2. The summed E-state index contributed by atoms with van der Waals surface area (Å²) in [5.74, 6) is -1.80. The molecule has 0 aliphatic carbocycles. The summed E-state index contributed by atoms with van der Waals surface area (Å²) in [5, 5.41) is 8.95. The van der Waals surface area contributed by atoms with E-state index in [1.165, 1.54) is 30.3 Å². The Kier molecular flexibility index (Phi) is 5.75. The van der Waals surface area contributed by atoms with Crippen molar-refractivity contribution in [3.05, 3.63) is 95.3 Å². The summed E-state index contributed by atoms with van der Waals surface area (Å²) in [4.78, 5) is 10.5. The molecule has 0 saturated heterocycles. The number of anilines is 1. The van der Waals surface area contributed by atoms with Gasteiger partial charge in [-0.15, -0.1) is 0 Å². The van der Waals surface area contributed by atoms with Crippen LogP contribution >= 0.6 is 0 Å². The Hall–Kier alpha value is -3.19. The number of aryl methyl sites for hydroxylation is 2. The molecule has 0 saturated carbocycles. The molecule has 3 rings (SSSR count). The van der Waals surface area contributed by atoms with Crippen LogP contribution in [-0.4, -0.2) is 19.5 Å². The molecule has 28 heavy (non-hydrogen) atoms. The number of benzene rings is 3. The summed E-state index contributed by atoms with van der Waals surface area (Å²) >= 11 is 0. The van der Waals surface area contributed by atoms with Crippen LogP contribution in [0.25, 0.3) is 0 Å². The lowest BCUT2D eigenvalue weighted by molar-refractivity contribution is 0.0697. The Morgan fingerprint density at radius 3 is 2.21 bits per heavy atom. The van der Waals surface area contributed by atoms with Crippen molar-refractivity contribution in [2.24, 2.45) is 0 Å². The third-order valence-corrected chi connectivity index (χ3v) is 5.67. The molecule has 0 atom stereocenters. The smallest absolute Gasteiger partial charge is 0.335 e. The molecule has 3 aromatic rings. The van der Waals surface area contributed by atoms with Crippen molar-refractivity contribution in [1.29, 1.82) is 0 Å². The minimum absolute atomic E-state index is 0.210. The molecule has 2 N–H and O–H groups in total. The summed E-state index contributed by atoms with van der Waals surface area (Å²) in [6.07, 6.45) is 1.13. The van der Waals surface area contributed by atoms with Gasteiger partial charge in [0.25, 0.3) is 10.0 Å². The van der Waals surface area contributed by atoms with Gasteiger partial charge in [-0.1, -0.05) is 42.5 Å². The lowest BCUT2D eigenvalue weighted by atomic mass is 10.0. The van der Waals surface area contributed by atoms with Crippen molar-refractivity contribution >= 4 is 21.7 Å². The Morgan fingerprint density at radius 1 is 0.893 bits per heavy atom. The summed E-state index contributed by atoms with van der Waals surface area (Å²) in [5.41, 5.74) is 2.27. The van der Waals surface area contributed by atoms with Gasteiger partial charge < -0.3 is 5.11 Å². The molecule has 0 spiro atoms. The summed E-state index contributed by atoms with van der Waals surface area (Å²) < 4.78 is 41.4.